The zero-order chi connectivity index (χ0) is 15.5. The van der Waals surface area contributed by atoms with Crippen LogP contribution in [0.3, 0.4) is 0 Å². The quantitative estimate of drug-likeness (QED) is 0.739. The molecule has 2 heterocycles. The van der Waals surface area contributed by atoms with Crippen molar-refractivity contribution in [2.45, 2.75) is 13.1 Å². The van der Waals surface area contributed by atoms with Crippen molar-refractivity contribution in [1.82, 2.24) is 15.6 Å². The Hall–Kier alpha value is -0.760. The summed E-state index contributed by atoms with van der Waals surface area (Å²) >= 11 is 6.14. The molecule has 0 unspecified atom stereocenters. The van der Waals surface area contributed by atoms with Crippen LogP contribution in [0, 0.1) is 0 Å². The number of halogens is 1. The molecule has 0 amide bonds. The molecule has 0 aliphatic carbocycles. The number of hydrogen-bond donors (Lipinski definition) is 2. The second-order valence-corrected chi connectivity index (χ2v) is 5.40. The summed E-state index contributed by atoms with van der Waals surface area (Å²) in [7, 11) is 0. The van der Waals surface area contributed by atoms with Crippen LogP contribution in [0.15, 0.2) is 12.1 Å². The first-order chi connectivity index (χ1) is 10.8. The fourth-order valence-corrected chi connectivity index (χ4v) is 2.31. The van der Waals surface area contributed by atoms with Crippen LogP contribution in [0.4, 0.5) is 0 Å². The molecule has 0 spiro atoms. The zero-order valence-corrected chi connectivity index (χ0v) is 13.5. The molecule has 6 nitrogen and oxygen atoms in total. The highest BCUT2D eigenvalue weighted by atomic mass is 35.5. The van der Waals surface area contributed by atoms with E-state index in [0.29, 0.717) is 57.8 Å². The first-order valence-electron chi connectivity index (χ1n) is 7.64. The Labute approximate surface area is 136 Å². The van der Waals surface area contributed by atoms with Crippen LogP contribution in [0.2, 0.25) is 5.02 Å². The van der Waals surface area contributed by atoms with Gasteiger partial charge in [-0.1, -0.05) is 11.6 Å². The Morgan fingerprint density at radius 1 is 0.773 bits per heavy atom. The molecule has 1 aromatic heterocycles. The van der Waals surface area contributed by atoms with Crippen molar-refractivity contribution >= 4 is 11.6 Å². The van der Waals surface area contributed by atoms with Crippen LogP contribution in [0.25, 0.3) is 0 Å². The molecule has 0 saturated heterocycles. The number of nitrogens with one attached hydrogen (secondary N) is 2. The lowest BCUT2D eigenvalue weighted by Crippen LogP contribution is -2.23. The van der Waals surface area contributed by atoms with Crippen LogP contribution in [0.5, 0.6) is 0 Å². The van der Waals surface area contributed by atoms with Gasteiger partial charge in [0.15, 0.2) is 0 Å². The fraction of sp³-hybridized carbons (Fsp3) is 0.667. The van der Waals surface area contributed by atoms with Crippen molar-refractivity contribution in [1.29, 1.82) is 0 Å². The van der Waals surface area contributed by atoms with Crippen molar-refractivity contribution in [3.05, 3.63) is 28.5 Å². The van der Waals surface area contributed by atoms with Gasteiger partial charge < -0.3 is 24.8 Å². The van der Waals surface area contributed by atoms with Crippen LogP contribution >= 0.6 is 11.6 Å². The van der Waals surface area contributed by atoms with Gasteiger partial charge in [0.05, 0.1) is 51.0 Å². The molecular weight excluding hydrogens is 306 g/mol. The number of aromatic nitrogens is 1. The Balaban J connectivity index is 1.85. The minimum Gasteiger partial charge on any atom is -0.378 e. The van der Waals surface area contributed by atoms with E-state index in [1.807, 2.05) is 12.1 Å². The van der Waals surface area contributed by atoms with E-state index in [1.54, 1.807) is 0 Å². The number of nitrogens with zero attached hydrogens (tertiary/aromatic N) is 1. The summed E-state index contributed by atoms with van der Waals surface area (Å²) in [6, 6.07) is 3.77. The smallest absolute Gasteiger partial charge is 0.0701 e. The lowest BCUT2D eigenvalue weighted by atomic mass is 10.3. The third kappa shape index (κ3) is 7.49. The normalized spacial score (nSPS) is 20.0. The highest BCUT2D eigenvalue weighted by Gasteiger charge is 2.02. The highest BCUT2D eigenvalue weighted by Crippen LogP contribution is 2.11. The van der Waals surface area contributed by atoms with Gasteiger partial charge in [-0.15, -0.1) is 0 Å². The lowest BCUT2D eigenvalue weighted by Gasteiger charge is -2.11. The maximum atomic E-state index is 6.14. The molecule has 1 aliphatic rings. The summed E-state index contributed by atoms with van der Waals surface area (Å²) in [5, 5.41) is 7.31. The SMILES string of the molecule is Clc1cc2nc(c1)CNCCOCCOCCOCCNC2. The molecule has 1 aromatic rings. The van der Waals surface area contributed by atoms with E-state index >= 15 is 0 Å². The van der Waals surface area contributed by atoms with Crippen LogP contribution in [-0.4, -0.2) is 57.7 Å². The predicted molar refractivity (Wildman–Crippen MR) is 85.1 cm³/mol. The standard InChI is InChI=1S/C15H24ClN3O3/c16-13-9-14-11-17-1-3-20-5-7-22-8-6-21-4-2-18-12-15(10-13)19-14/h9-10,17-18H,1-8,11-12H2. The second-order valence-electron chi connectivity index (χ2n) is 4.96. The topological polar surface area (TPSA) is 64.6 Å². The van der Waals surface area contributed by atoms with Crippen LogP contribution in [0.1, 0.15) is 11.4 Å². The number of hydrogen-bond acceptors (Lipinski definition) is 6. The Morgan fingerprint density at radius 3 is 1.73 bits per heavy atom. The largest absolute Gasteiger partial charge is 0.378 e. The first kappa shape index (κ1) is 17.6. The second kappa shape index (κ2) is 10.9. The van der Waals surface area contributed by atoms with Gasteiger partial charge in [0, 0.05) is 31.2 Å². The predicted octanol–water partition coefficient (Wildman–Crippen LogP) is 0.978. The minimum atomic E-state index is 0.598. The molecule has 2 bridgehead atoms. The Bertz CT molecular complexity index is 400. The van der Waals surface area contributed by atoms with Gasteiger partial charge in [0.25, 0.3) is 0 Å². The molecule has 0 atom stereocenters. The van der Waals surface area contributed by atoms with Crippen LogP contribution in [-0.2, 0) is 27.3 Å². The summed E-state index contributed by atoms with van der Waals surface area (Å²) in [5.74, 6) is 0. The first-order valence-corrected chi connectivity index (χ1v) is 8.02. The number of rotatable bonds is 0. The highest BCUT2D eigenvalue weighted by molar-refractivity contribution is 6.30. The van der Waals surface area contributed by atoms with Crippen LogP contribution < -0.4 is 10.6 Å². The van der Waals surface area contributed by atoms with Gasteiger partial charge in [0.2, 0.25) is 0 Å². The fourth-order valence-electron chi connectivity index (χ4n) is 2.05. The molecule has 2 rings (SSSR count). The van der Waals surface area contributed by atoms with E-state index < -0.39 is 0 Å². The average molecular weight is 330 g/mol. The average Bonchev–Trinajstić information content (AvgIpc) is 2.50. The molecule has 0 fully saturated rings. The summed E-state index contributed by atoms with van der Waals surface area (Å²) in [4.78, 5) is 4.59. The van der Waals surface area contributed by atoms with Gasteiger partial charge in [-0.05, 0) is 12.1 Å². The summed E-state index contributed by atoms with van der Waals surface area (Å²) in [6.07, 6.45) is 0. The summed E-state index contributed by atoms with van der Waals surface area (Å²) < 4.78 is 16.4. The van der Waals surface area contributed by atoms with Gasteiger partial charge in [-0.3, -0.25) is 4.98 Å². The van der Waals surface area contributed by atoms with E-state index in [2.05, 4.69) is 15.6 Å². The molecule has 0 saturated carbocycles. The minimum absolute atomic E-state index is 0.598. The van der Waals surface area contributed by atoms with Crippen molar-refractivity contribution in [3.8, 4) is 0 Å². The van der Waals surface area contributed by atoms with Gasteiger partial charge in [0.1, 0.15) is 0 Å². The molecule has 124 valence electrons. The Kier molecular flexibility index (Phi) is 8.70. The number of fused-ring (bicyclic) bond motifs is 2. The molecule has 2 N–H and O–H groups in total. The van der Waals surface area contributed by atoms with Gasteiger partial charge in [-0.25, -0.2) is 0 Å². The van der Waals surface area contributed by atoms with Crippen molar-refractivity contribution in [2.75, 3.05) is 52.7 Å². The van der Waals surface area contributed by atoms with E-state index in [-0.39, 0.29) is 0 Å². The van der Waals surface area contributed by atoms with Crippen molar-refractivity contribution in [3.63, 3.8) is 0 Å². The monoisotopic (exact) mass is 329 g/mol. The van der Waals surface area contributed by atoms with E-state index in [0.717, 1.165) is 24.5 Å². The Morgan fingerprint density at radius 2 is 1.23 bits per heavy atom. The molecule has 1 aliphatic heterocycles. The van der Waals surface area contributed by atoms with E-state index in [1.165, 1.54) is 0 Å². The summed E-state index contributed by atoms with van der Waals surface area (Å²) in [6.45, 7) is 6.58. The zero-order valence-electron chi connectivity index (χ0n) is 12.8. The van der Waals surface area contributed by atoms with E-state index in [9.17, 15) is 0 Å². The lowest BCUT2D eigenvalue weighted by molar-refractivity contribution is 0.0156. The molecule has 0 aromatic carbocycles. The van der Waals surface area contributed by atoms with Crippen molar-refractivity contribution < 1.29 is 14.2 Å². The third-order valence-corrected chi connectivity index (χ3v) is 3.32. The number of pyridine rings is 1. The molecule has 22 heavy (non-hydrogen) atoms. The summed E-state index contributed by atoms with van der Waals surface area (Å²) in [5.41, 5.74) is 1.87. The maximum Gasteiger partial charge on any atom is 0.0701 e. The number of ether oxygens (including phenoxy) is 3. The maximum absolute atomic E-state index is 6.14. The van der Waals surface area contributed by atoms with Gasteiger partial charge >= 0.3 is 0 Å². The van der Waals surface area contributed by atoms with Crippen molar-refractivity contribution in [2.24, 2.45) is 0 Å². The molecule has 7 heteroatoms. The third-order valence-electron chi connectivity index (χ3n) is 3.10. The van der Waals surface area contributed by atoms with Gasteiger partial charge in [-0.2, -0.15) is 0 Å². The molecular formula is C15H24ClN3O3. The van der Waals surface area contributed by atoms with E-state index in [4.69, 9.17) is 25.8 Å². The molecule has 0 radical (unpaired) electrons.